The summed E-state index contributed by atoms with van der Waals surface area (Å²) in [6, 6.07) is 15.5. The highest BCUT2D eigenvalue weighted by atomic mass is 16.6. The molecule has 1 saturated heterocycles. The first-order valence-corrected chi connectivity index (χ1v) is 9.24. The van der Waals surface area contributed by atoms with Crippen LogP contribution in [0.2, 0.25) is 0 Å². The molecule has 1 aliphatic rings. The average Bonchev–Trinajstić information content (AvgIpc) is 2.65. The van der Waals surface area contributed by atoms with E-state index in [9.17, 15) is 10.1 Å². The molecule has 0 aliphatic carbocycles. The Kier molecular flexibility index (Phi) is 6.13. The van der Waals surface area contributed by atoms with Crippen LogP contribution in [0.5, 0.6) is 5.75 Å². The largest absolute Gasteiger partial charge is 0.492 e. The smallest absolute Gasteiger partial charge is 0.292 e. The minimum atomic E-state index is -0.354. The van der Waals surface area contributed by atoms with E-state index in [1.165, 1.54) is 0 Å². The highest BCUT2D eigenvalue weighted by Crippen LogP contribution is 2.30. The molecule has 1 fully saturated rings. The first-order chi connectivity index (χ1) is 13.0. The Labute approximate surface area is 159 Å². The molecule has 1 aliphatic heterocycles. The SMILES string of the molecule is C[C@@H]1CN(c2ccc([N+](=O)[O-])c(NCCOc3ccccc3)c2)C[C@@H](C)N1. The van der Waals surface area contributed by atoms with Crippen LogP contribution < -0.4 is 20.3 Å². The van der Waals surface area contributed by atoms with Crippen LogP contribution in [0.1, 0.15) is 13.8 Å². The van der Waals surface area contributed by atoms with Gasteiger partial charge in [-0.25, -0.2) is 0 Å². The number of nitrogens with zero attached hydrogens (tertiary/aromatic N) is 2. The monoisotopic (exact) mass is 370 g/mol. The molecule has 7 heteroatoms. The third-order valence-electron chi connectivity index (χ3n) is 4.53. The van der Waals surface area contributed by atoms with Crippen LogP contribution in [0, 0.1) is 10.1 Å². The average molecular weight is 370 g/mol. The van der Waals surface area contributed by atoms with Gasteiger partial charge in [0, 0.05) is 43.5 Å². The van der Waals surface area contributed by atoms with E-state index < -0.39 is 0 Å². The lowest BCUT2D eigenvalue weighted by Gasteiger charge is -2.37. The highest BCUT2D eigenvalue weighted by Gasteiger charge is 2.23. The van der Waals surface area contributed by atoms with Crippen molar-refractivity contribution in [3.8, 4) is 5.75 Å². The van der Waals surface area contributed by atoms with E-state index in [0.29, 0.717) is 30.9 Å². The van der Waals surface area contributed by atoms with Crippen molar-refractivity contribution in [2.45, 2.75) is 25.9 Å². The topological polar surface area (TPSA) is 79.7 Å². The Morgan fingerprint density at radius 3 is 2.56 bits per heavy atom. The molecular formula is C20H26N4O3. The molecule has 144 valence electrons. The second-order valence-electron chi connectivity index (χ2n) is 6.92. The van der Waals surface area contributed by atoms with Crippen molar-refractivity contribution < 1.29 is 9.66 Å². The van der Waals surface area contributed by atoms with Gasteiger partial charge >= 0.3 is 0 Å². The first kappa shape index (κ1) is 19.0. The van der Waals surface area contributed by atoms with Gasteiger partial charge in [-0.05, 0) is 38.1 Å². The Hall–Kier alpha value is -2.80. The van der Waals surface area contributed by atoms with Gasteiger partial charge in [-0.1, -0.05) is 18.2 Å². The summed E-state index contributed by atoms with van der Waals surface area (Å²) in [7, 11) is 0. The van der Waals surface area contributed by atoms with E-state index >= 15 is 0 Å². The zero-order chi connectivity index (χ0) is 19.2. The Bertz CT molecular complexity index is 759. The van der Waals surface area contributed by atoms with Crippen LogP contribution >= 0.6 is 0 Å². The summed E-state index contributed by atoms with van der Waals surface area (Å²) >= 11 is 0. The molecule has 27 heavy (non-hydrogen) atoms. The lowest BCUT2D eigenvalue weighted by Crippen LogP contribution is -2.54. The molecule has 0 radical (unpaired) electrons. The summed E-state index contributed by atoms with van der Waals surface area (Å²) in [6.45, 7) is 6.94. The van der Waals surface area contributed by atoms with Crippen molar-refractivity contribution in [2.75, 3.05) is 36.5 Å². The van der Waals surface area contributed by atoms with E-state index in [4.69, 9.17) is 4.74 Å². The second kappa shape index (κ2) is 8.73. The molecule has 0 amide bonds. The van der Waals surface area contributed by atoms with Gasteiger partial charge in [0.2, 0.25) is 0 Å². The molecule has 0 spiro atoms. The number of ether oxygens (including phenoxy) is 1. The van der Waals surface area contributed by atoms with Gasteiger partial charge in [0.15, 0.2) is 0 Å². The Balaban J connectivity index is 1.67. The van der Waals surface area contributed by atoms with Crippen LogP contribution in [-0.2, 0) is 0 Å². The van der Waals surface area contributed by atoms with Crippen LogP contribution in [0.3, 0.4) is 0 Å². The number of hydrogen-bond acceptors (Lipinski definition) is 6. The molecule has 2 aromatic carbocycles. The predicted molar refractivity (Wildman–Crippen MR) is 108 cm³/mol. The van der Waals surface area contributed by atoms with Crippen LogP contribution in [-0.4, -0.2) is 43.2 Å². The number of nitrogens with one attached hydrogen (secondary N) is 2. The van der Waals surface area contributed by atoms with Crippen molar-refractivity contribution in [3.63, 3.8) is 0 Å². The van der Waals surface area contributed by atoms with Gasteiger partial charge in [0.25, 0.3) is 5.69 Å². The lowest BCUT2D eigenvalue weighted by molar-refractivity contribution is -0.383. The Morgan fingerprint density at radius 2 is 1.89 bits per heavy atom. The quantitative estimate of drug-likeness (QED) is 0.442. The van der Waals surface area contributed by atoms with Crippen molar-refractivity contribution in [1.29, 1.82) is 0 Å². The minimum Gasteiger partial charge on any atom is -0.492 e. The minimum absolute atomic E-state index is 0.0784. The molecule has 0 unspecified atom stereocenters. The fraction of sp³-hybridized carbons (Fsp3) is 0.400. The van der Waals surface area contributed by atoms with Crippen molar-refractivity contribution in [1.82, 2.24) is 5.32 Å². The summed E-state index contributed by atoms with van der Waals surface area (Å²) in [6.07, 6.45) is 0. The predicted octanol–water partition coefficient (Wildman–Crippen LogP) is 3.27. The van der Waals surface area contributed by atoms with Gasteiger partial charge in [0.05, 0.1) is 4.92 Å². The maximum Gasteiger partial charge on any atom is 0.292 e. The van der Waals surface area contributed by atoms with Crippen LogP contribution in [0.15, 0.2) is 48.5 Å². The molecule has 2 aromatic rings. The molecule has 7 nitrogen and oxygen atoms in total. The molecule has 0 aromatic heterocycles. The Morgan fingerprint density at radius 1 is 1.19 bits per heavy atom. The summed E-state index contributed by atoms with van der Waals surface area (Å²) in [5, 5.41) is 18.0. The van der Waals surface area contributed by atoms with Crippen molar-refractivity contribution in [2.24, 2.45) is 0 Å². The van der Waals surface area contributed by atoms with Crippen molar-refractivity contribution in [3.05, 3.63) is 58.6 Å². The number of hydrogen-bond donors (Lipinski definition) is 2. The number of nitro groups is 1. The summed E-state index contributed by atoms with van der Waals surface area (Å²) in [4.78, 5) is 13.3. The van der Waals surface area contributed by atoms with Crippen LogP contribution in [0.4, 0.5) is 17.1 Å². The van der Waals surface area contributed by atoms with E-state index in [1.54, 1.807) is 6.07 Å². The normalized spacial score (nSPS) is 19.6. The molecule has 2 atom stereocenters. The molecule has 3 rings (SSSR count). The maximum atomic E-state index is 11.4. The maximum absolute atomic E-state index is 11.4. The van der Waals surface area contributed by atoms with Gasteiger partial charge in [0.1, 0.15) is 18.0 Å². The van der Waals surface area contributed by atoms with Crippen LogP contribution in [0.25, 0.3) is 0 Å². The van der Waals surface area contributed by atoms with Gasteiger partial charge in [-0.2, -0.15) is 0 Å². The fourth-order valence-electron chi connectivity index (χ4n) is 3.43. The molecule has 1 heterocycles. The molecular weight excluding hydrogens is 344 g/mol. The number of piperazine rings is 1. The zero-order valence-electron chi connectivity index (χ0n) is 15.7. The summed E-state index contributed by atoms with van der Waals surface area (Å²) < 4.78 is 5.65. The molecule has 0 bridgehead atoms. The highest BCUT2D eigenvalue weighted by molar-refractivity contribution is 5.69. The summed E-state index contributed by atoms with van der Waals surface area (Å²) in [5.41, 5.74) is 1.59. The number of rotatable bonds is 7. The number of nitro benzene ring substituents is 1. The van der Waals surface area contributed by atoms with E-state index in [-0.39, 0.29) is 10.6 Å². The van der Waals surface area contributed by atoms with E-state index in [2.05, 4.69) is 29.4 Å². The first-order valence-electron chi connectivity index (χ1n) is 9.24. The van der Waals surface area contributed by atoms with Gasteiger partial charge in [-0.15, -0.1) is 0 Å². The number of benzene rings is 2. The number of para-hydroxylation sites is 1. The number of anilines is 2. The van der Waals surface area contributed by atoms with Gasteiger partial charge < -0.3 is 20.3 Å². The zero-order valence-corrected chi connectivity index (χ0v) is 15.7. The molecule has 0 saturated carbocycles. The fourth-order valence-corrected chi connectivity index (χ4v) is 3.43. The van der Waals surface area contributed by atoms with Crippen molar-refractivity contribution >= 4 is 17.1 Å². The third kappa shape index (κ3) is 5.10. The van der Waals surface area contributed by atoms with E-state index in [1.807, 2.05) is 42.5 Å². The lowest BCUT2D eigenvalue weighted by atomic mass is 10.1. The second-order valence-corrected chi connectivity index (χ2v) is 6.92. The summed E-state index contributed by atoms with van der Waals surface area (Å²) in [5.74, 6) is 0.784. The third-order valence-corrected chi connectivity index (χ3v) is 4.53. The van der Waals surface area contributed by atoms with Gasteiger partial charge in [-0.3, -0.25) is 10.1 Å². The molecule has 2 N–H and O–H groups in total. The van der Waals surface area contributed by atoms with E-state index in [0.717, 1.165) is 24.5 Å². The standard InChI is InChI=1S/C20H26N4O3/c1-15-13-23(14-16(2)22-15)17-8-9-20(24(25)26)19(12-17)21-10-11-27-18-6-4-3-5-7-18/h3-9,12,15-16,21-22H,10-11,13-14H2,1-2H3/t15-,16-/m1/s1.